The van der Waals surface area contributed by atoms with Crippen LogP contribution in [0.3, 0.4) is 0 Å². The first kappa shape index (κ1) is 28.4. The molecule has 0 saturated carbocycles. The number of morpholine rings is 1. The fourth-order valence-corrected chi connectivity index (χ4v) is 5.05. The zero-order valence-corrected chi connectivity index (χ0v) is 21.6. The molecule has 184 valence electrons. The second-order valence-electron chi connectivity index (χ2n) is 10.3. The summed E-state index contributed by atoms with van der Waals surface area (Å²) < 4.78 is 6.54. The molecule has 0 aromatic heterocycles. The highest BCUT2D eigenvalue weighted by Crippen LogP contribution is 2.18. The largest absolute Gasteiger partial charge is 0.370 e. The van der Waals surface area contributed by atoms with Crippen molar-refractivity contribution in [3.63, 3.8) is 0 Å². The first-order chi connectivity index (χ1) is 15.0. The minimum absolute atomic E-state index is 0.247. The lowest BCUT2D eigenvalue weighted by Gasteiger charge is -2.46. The summed E-state index contributed by atoms with van der Waals surface area (Å²) in [5, 5.41) is 3.35. The Labute approximate surface area is 194 Å². The fourth-order valence-electron chi connectivity index (χ4n) is 5.05. The van der Waals surface area contributed by atoms with Gasteiger partial charge in [-0.25, -0.2) is 0 Å². The van der Waals surface area contributed by atoms with Gasteiger partial charge in [-0.05, 0) is 19.3 Å². The molecule has 0 radical (unpaired) electrons. The summed E-state index contributed by atoms with van der Waals surface area (Å²) in [6, 6.07) is 0. The molecule has 1 aliphatic rings. The molecule has 0 aliphatic carbocycles. The second-order valence-corrected chi connectivity index (χ2v) is 10.3. The molecule has 1 heterocycles. The molecule has 1 aliphatic heterocycles. The topological polar surface area (TPSA) is 38.3 Å². The van der Waals surface area contributed by atoms with Crippen molar-refractivity contribution in [3.8, 4) is 0 Å². The average Bonchev–Trinajstić information content (AvgIpc) is 2.77. The third kappa shape index (κ3) is 12.9. The maximum absolute atomic E-state index is 12.5. The third-order valence-electron chi connectivity index (χ3n) is 7.30. The van der Waals surface area contributed by atoms with Crippen LogP contribution in [0.25, 0.3) is 0 Å². The molecule has 0 bridgehead atoms. The van der Waals surface area contributed by atoms with E-state index in [0.29, 0.717) is 6.42 Å². The van der Waals surface area contributed by atoms with Gasteiger partial charge in [-0.3, -0.25) is 4.79 Å². The number of likely N-dealkylation sites (N-methyl/N-ethyl adjacent to an activating group) is 1. The SMILES string of the molecule is CCC(NC(=O)CCCCCCCCCCCCCCC(C)C)[N+]1(CC)CCOCC1. The van der Waals surface area contributed by atoms with E-state index in [9.17, 15) is 4.79 Å². The molecule has 0 aromatic carbocycles. The van der Waals surface area contributed by atoms with E-state index in [1.54, 1.807) is 0 Å². The molecule has 1 fully saturated rings. The summed E-state index contributed by atoms with van der Waals surface area (Å²) >= 11 is 0. The van der Waals surface area contributed by atoms with Crippen LogP contribution in [-0.4, -0.2) is 49.4 Å². The Morgan fingerprint density at radius 1 is 0.806 bits per heavy atom. The van der Waals surface area contributed by atoms with Crippen molar-refractivity contribution in [3.05, 3.63) is 0 Å². The molecular weight excluding hydrogens is 384 g/mol. The standard InChI is InChI=1S/C27H54N2O2/c1-5-26(29(6-2)21-23-31-24-22-29)28-27(30)20-18-16-14-12-10-8-7-9-11-13-15-17-19-25(3)4/h25-26H,5-24H2,1-4H3/p+1. The molecular formula is C27H55N2O2+. The number of hydrogen-bond acceptors (Lipinski definition) is 2. The molecule has 4 nitrogen and oxygen atoms in total. The Hall–Kier alpha value is -0.610. The fraction of sp³-hybridized carbons (Fsp3) is 0.963. The highest BCUT2D eigenvalue weighted by Gasteiger charge is 2.36. The van der Waals surface area contributed by atoms with E-state index in [4.69, 9.17) is 4.74 Å². The first-order valence-electron chi connectivity index (χ1n) is 13.8. The summed E-state index contributed by atoms with van der Waals surface area (Å²) in [6.07, 6.45) is 19.5. The zero-order valence-electron chi connectivity index (χ0n) is 21.6. The van der Waals surface area contributed by atoms with E-state index in [2.05, 4.69) is 33.0 Å². The minimum Gasteiger partial charge on any atom is -0.370 e. The Morgan fingerprint density at radius 2 is 1.29 bits per heavy atom. The molecule has 1 unspecified atom stereocenters. The van der Waals surface area contributed by atoms with Gasteiger partial charge in [0.2, 0.25) is 5.91 Å². The van der Waals surface area contributed by atoms with Crippen molar-refractivity contribution in [1.29, 1.82) is 0 Å². The molecule has 31 heavy (non-hydrogen) atoms. The maximum atomic E-state index is 12.5. The number of quaternary nitrogens is 1. The van der Waals surface area contributed by atoms with Gasteiger partial charge < -0.3 is 14.5 Å². The lowest BCUT2D eigenvalue weighted by Crippen LogP contribution is -2.65. The van der Waals surface area contributed by atoms with Gasteiger partial charge in [-0.1, -0.05) is 97.8 Å². The van der Waals surface area contributed by atoms with Crippen LogP contribution in [0, 0.1) is 5.92 Å². The number of unbranched alkanes of at least 4 members (excludes halogenated alkanes) is 11. The Balaban J connectivity index is 1.97. The van der Waals surface area contributed by atoms with Gasteiger partial charge >= 0.3 is 0 Å². The first-order valence-corrected chi connectivity index (χ1v) is 13.8. The van der Waals surface area contributed by atoms with Gasteiger partial charge in [0.15, 0.2) is 6.17 Å². The van der Waals surface area contributed by atoms with Gasteiger partial charge in [-0.2, -0.15) is 0 Å². The number of rotatable bonds is 19. The molecule has 0 spiro atoms. The summed E-state index contributed by atoms with van der Waals surface area (Å²) in [4.78, 5) is 12.5. The smallest absolute Gasteiger partial charge is 0.224 e. The average molecular weight is 440 g/mol. The molecule has 1 saturated heterocycles. The Bertz CT molecular complexity index is 433. The monoisotopic (exact) mass is 439 g/mol. The van der Waals surface area contributed by atoms with E-state index in [0.717, 1.165) is 56.1 Å². The molecule has 1 N–H and O–H groups in total. The highest BCUT2D eigenvalue weighted by molar-refractivity contribution is 5.75. The van der Waals surface area contributed by atoms with Gasteiger partial charge in [0.1, 0.15) is 13.1 Å². The predicted molar refractivity (Wildman–Crippen MR) is 133 cm³/mol. The van der Waals surface area contributed by atoms with Crippen LogP contribution in [0.2, 0.25) is 0 Å². The quantitative estimate of drug-likeness (QED) is 0.177. The van der Waals surface area contributed by atoms with Gasteiger partial charge in [0.25, 0.3) is 0 Å². The van der Waals surface area contributed by atoms with Crippen LogP contribution in [0.4, 0.5) is 0 Å². The molecule has 1 atom stereocenters. The van der Waals surface area contributed by atoms with Gasteiger partial charge in [0, 0.05) is 12.8 Å². The van der Waals surface area contributed by atoms with E-state index >= 15 is 0 Å². The van der Waals surface area contributed by atoms with Crippen molar-refractivity contribution in [2.45, 2.75) is 130 Å². The molecule has 0 aromatic rings. The second kappa shape index (κ2) is 17.9. The van der Waals surface area contributed by atoms with Gasteiger partial charge in [-0.15, -0.1) is 0 Å². The summed E-state index contributed by atoms with van der Waals surface area (Å²) in [5.74, 6) is 1.12. The minimum atomic E-state index is 0.247. The van der Waals surface area contributed by atoms with E-state index in [1.165, 1.54) is 77.0 Å². The predicted octanol–water partition coefficient (Wildman–Crippen LogP) is 6.82. The lowest BCUT2D eigenvalue weighted by atomic mass is 10.0. The van der Waals surface area contributed by atoms with Crippen molar-refractivity contribution < 1.29 is 14.0 Å². The number of nitrogens with one attached hydrogen (secondary N) is 1. The number of ether oxygens (including phenoxy) is 1. The third-order valence-corrected chi connectivity index (χ3v) is 7.30. The van der Waals surface area contributed by atoms with Crippen LogP contribution in [0.5, 0.6) is 0 Å². The van der Waals surface area contributed by atoms with Crippen molar-refractivity contribution in [2.75, 3.05) is 32.8 Å². The summed E-state index contributed by atoms with van der Waals surface area (Å²) in [7, 11) is 0. The number of carbonyl (C=O) groups is 1. The van der Waals surface area contributed by atoms with Crippen LogP contribution < -0.4 is 5.32 Å². The molecule has 1 rings (SSSR count). The molecule has 4 heteroatoms. The molecule has 1 amide bonds. The van der Waals surface area contributed by atoms with Gasteiger partial charge in [0.05, 0.1) is 19.8 Å². The summed E-state index contributed by atoms with van der Waals surface area (Å²) in [6.45, 7) is 13.8. The number of nitrogens with zero attached hydrogens (tertiary/aromatic N) is 1. The van der Waals surface area contributed by atoms with Crippen LogP contribution in [0.15, 0.2) is 0 Å². The van der Waals surface area contributed by atoms with Crippen LogP contribution >= 0.6 is 0 Å². The zero-order chi connectivity index (χ0) is 22.8. The van der Waals surface area contributed by atoms with Crippen LogP contribution in [0.1, 0.15) is 124 Å². The maximum Gasteiger partial charge on any atom is 0.224 e. The number of carbonyl (C=O) groups excluding carboxylic acids is 1. The van der Waals surface area contributed by atoms with E-state index in [1.807, 2.05) is 0 Å². The number of amides is 1. The summed E-state index contributed by atoms with van der Waals surface area (Å²) in [5.41, 5.74) is 0. The van der Waals surface area contributed by atoms with Crippen molar-refractivity contribution in [2.24, 2.45) is 5.92 Å². The van der Waals surface area contributed by atoms with E-state index in [-0.39, 0.29) is 12.1 Å². The Kier molecular flexibility index (Phi) is 16.4. The normalized spacial score (nSPS) is 17.1. The lowest BCUT2D eigenvalue weighted by molar-refractivity contribution is -0.958. The van der Waals surface area contributed by atoms with Crippen LogP contribution in [-0.2, 0) is 9.53 Å². The van der Waals surface area contributed by atoms with Crippen molar-refractivity contribution >= 4 is 5.91 Å². The Morgan fingerprint density at radius 3 is 1.74 bits per heavy atom. The highest BCUT2D eigenvalue weighted by atomic mass is 16.5. The number of hydrogen-bond donors (Lipinski definition) is 1. The van der Waals surface area contributed by atoms with E-state index < -0.39 is 0 Å². The van der Waals surface area contributed by atoms with Crippen molar-refractivity contribution in [1.82, 2.24) is 5.32 Å².